The molecule has 14 heavy (non-hydrogen) atoms. The second kappa shape index (κ2) is 2.74. The highest BCUT2D eigenvalue weighted by Crippen LogP contribution is 2.31. The van der Waals surface area contributed by atoms with Crippen molar-refractivity contribution in [1.29, 1.82) is 0 Å². The number of aryl methyl sites for hydroxylation is 1. The van der Waals surface area contributed by atoms with Crippen molar-refractivity contribution < 1.29 is 0 Å². The van der Waals surface area contributed by atoms with Gasteiger partial charge in [0.15, 0.2) is 0 Å². The lowest BCUT2D eigenvalue weighted by Gasteiger charge is -2.17. The molecule has 3 nitrogen and oxygen atoms in total. The van der Waals surface area contributed by atoms with Crippen LogP contribution in [-0.2, 0) is 12.8 Å². The summed E-state index contributed by atoms with van der Waals surface area (Å²) in [6.45, 7) is 0. The molecule has 3 heteroatoms. The molecule has 1 aromatic carbocycles. The first-order valence-electron chi connectivity index (χ1n) is 5.09. The number of benzene rings is 1. The van der Waals surface area contributed by atoms with Crippen LogP contribution in [0.3, 0.4) is 0 Å². The van der Waals surface area contributed by atoms with Crippen molar-refractivity contribution in [2.75, 3.05) is 5.73 Å². The molecule has 3 rings (SSSR count). The number of hydrogen-bond acceptors (Lipinski definition) is 2. The lowest BCUT2D eigenvalue weighted by Crippen LogP contribution is -2.07. The largest absolute Gasteiger partial charge is 0.398 e. The van der Waals surface area contributed by atoms with E-state index in [4.69, 9.17) is 5.73 Å². The van der Waals surface area contributed by atoms with Gasteiger partial charge in [0, 0.05) is 5.69 Å². The standard InChI is InChI=1S/C11H13N3/c12-9-5-10-11(14-6-13-10)8-4-2-1-3-7(8)9/h5-6H,1-4,12H2,(H,13,14). The molecule has 0 atom stereocenters. The molecular formula is C11H13N3. The molecule has 1 aliphatic rings. The van der Waals surface area contributed by atoms with Gasteiger partial charge < -0.3 is 10.7 Å². The first kappa shape index (κ1) is 7.85. The monoisotopic (exact) mass is 187 g/mol. The molecule has 0 spiro atoms. The molecule has 0 saturated heterocycles. The molecule has 3 N–H and O–H groups in total. The minimum absolute atomic E-state index is 0.927. The van der Waals surface area contributed by atoms with Gasteiger partial charge in [0.05, 0.1) is 17.4 Å². The molecule has 1 heterocycles. The first-order chi connectivity index (χ1) is 6.86. The summed E-state index contributed by atoms with van der Waals surface area (Å²) in [4.78, 5) is 7.48. The van der Waals surface area contributed by atoms with Gasteiger partial charge in [-0.2, -0.15) is 0 Å². The van der Waals surface area contributed by atoms with E-state index < -0.39 is 0 Å². The third kappa shape index (κ3) is 0.953. The molecule has 0 amide bonds. The summed E-state index contributed by atoms with van der Waals surface area (Å²) in [5.41, 5.74) is 11.8. The van der Waals surface area contributed by atoms with Crippen molar-refractivity contribution in [2.45, 2.75) is 25.7 Å². The van der Waals surface area contributed by atoms with Gasteiger partial charge in [-0.1, -0.05) is 0 Å². The number of rotatable bonds is 0. The smallest absolute Gasteiger partial charge is 0.0932 e. The van der Waals surface area contributed by atoms with Crippen LogP contribution in [0.25, 0.3) is 11.0 Å². The number of hydrogen-bond donors (Lipinski definition) is 2. The normalized spacial score (nSPS) is 15.7. The maximum absolute atomic E-state index is 6.02. The molecule has 0 fully saturated rings. The number of nitrogens with two attached hydrogens (primary N) is 1. The first-order valence-corrected chi connectivity index (χ1v) is 5.09. The van der Waals surface area contributed by atoms with Crippen molar-refractivity contribution in [3.05, 3.63) is 23.5 Å². The van der Waals surface area contributed by atoms with E-state index in [1.165, 1.54) is 24.0 Å². The molecule has 0 saturated carbocycles. The number of aromatic amines is 1. The number of fused-ring (bicyclic) bond motifs is 3. The Hall–Kier alpha value is -1.51. The summed E-state index contributed by atoms with van der Waals surface area (Å²) < 4.78 is 0. The molecule has 0 bridgehead atoms. The summed E-state index contributed by atoms with van der Waals surface area (Å²) in [5, 5.41) is 0. The third-order valence-corrected chi connectivity index (χ3v) is 3.07. The van der Waals surface area contributed by atoms with Crippen LogP contribution < -0.4 is 5.73 Å². The fourth-order valence-corrected chi connectivity index (χ4v) is 2.38. The van der Waals surface area contributed by atoms with Gasteiger partial charge in [-0.15, -0.1) is 0 Å². The van der Waals surface area contributed by atoms with E-state index in [0.29, 0.717) is 0 Å². The predicted molar refractivity (Wildman–Crippen MR) is 57.1 cm³/mol. The number of nitrogens with one attached hydrogen (secondary N) is 1. The van der Waals surface area contributed by atoms with Crippen molar-refractivity contribution in [3.63, 3.8) is 0 Å². The highest BCUT2D eigenvalue weighted by atomic mass is 14.9. The number of nitrogens with zero attached hydrogens (tertiary/aromatic N) is 1. The number of nitrogen functional groups attached to an aromatic ring is 1. The van der Waals surface area contributed by atoms with Gasteiger partial charge in [-0.05, 0) is 42.9 Å². The SMILES string of the molecule is Nc1cc2[nH]cnc2c2c1CCCC2. The highest BCUT2D eigenvalue weighted by Gasteiger charge is 2.16. The Kier molecular flexibility index (Phi) is 1.54. The number of anilines is 1. The molecule has 1 aliphatic carbocycles. The Morgan fingerprint density at radius 2 is 2.00 bits per heavy atom. The second-order valence-corrected chi connectivity index (χ2v) is 3.93. The maximum atomic E-state index is 6.02. The van der Waals surface area contributed by atoms with E-state index in [9.17, 15) is 0 Å². The number of aromatic nitrogens is 2. The highest BCUT2D eigenvalue weighted by molar-refractivity contribution is 5.84. The summed E-state index contributed by atoms with van der Waals surface area (Å²) in [6, 6.07) is 2.01. The summed E-state index contributed by atoms with van der Waals surface area (Å²) in [7, 11) is 0. The van der Waals surface area contributed by atoms with E-state index in [0.717, 1.165) is 29.6 Å². The van der Waals surface area contributed by atoms with E-state index in [2.05, 4.69) is 9.97 Å². The van der Waals surface area contributed by atoms with E-state index in [-0.39, 0.29) is 0 Å². The lowest BCUT2D eigenvalue weighted by molar-refractivity contribution is 0.691. The quantitative estimate of drug-likeness (QED) is 0.620. The Balaban J connectivity index is 2.39. The van der Waals surface area contributed by atoms with Crippen LogP contribution in [0, 0.1) is 0 Å². The van der Waals surface area contributed by atoms with Gasteiger partial charge in [0.2, 0.25) is 0 Å². The molecular weight excluding hydrogens is 174 g/mol. The third-order valence-electron chi connectivity index (χ3n) is 3.07. The van der Waals surface area contributed by atoms with Gasteiger partial charge >= 0.3 is 0 Å². The zero-order valence-electron chi connectivity index (χ0n) is 8.01. The van der Waals surface area contributed by atoms with Crippen LogP contribution in [0.15, 0.2) is 12.4 Å². The molecule has 0 radical (unpaired) electrons. The zero-order chi connectivity index (χ0) is 9.54. The van der Waals surface area contributed by atoms with Crippen molar-refractivity contribution in [1.82, 2.24) is 9.97 Å². The Labute approximate surface area is 82.3 Å². The topological polar surface area (TPSA) is 54.7 Å². The van der Waals surface area contributed by atoms with Crippen LogP contribution in [-0.4, -0.2) is 9.97 Å². The fraction of sp³-hybridized carbons (Fsp3) is 0.364. The Bertz CT molecular complexity index is 484. The Morgan fingerprint density at radius 1 is 1.21 bits per heavy atom. The van der Waals surface area contributed by atoms with Crippen LogP contribution in [0.5, 0.6) is 0 Å². The van der Waals surface area contributed by atoms with E-state index in [1.807, 2.05) is 6.07 Å². The lowest BCUT2D eigenvalue weighted by atomic mass is 9.89. The van der Waals surface area contributed by atoms with Gasteiger partial charge in [0.25, 0.3) is 0 Å². The maximum Gasteiger partial charge on any atom is 0.0932 e. The minimum atomic E-state index is 0.927. The summed E-state index contributed by atoms with van der Waals surface area (Å²) >= 11 is 0. The van der Waals surface area contributed by atoms with Crippen molar-refractivity contribution in [3.8, 4) is 0 Å². The van der Waals surface area contributed by atoms with Crippen LogP contribution in [0.4, 0.5) is 5.69 Å². The Morgan fingerprint density at radius 3 is 2.86 bits per heavy atom. The second-order valence-electron chi connectivity index (χ2n) is 3.93. The number of imidazole rings is 1. The van der Waals surface area contributed by atoms with Gasteiger partial charge in [-0.3, -0.25) is 0 Å². The summed E-state index contributed by atoms with van der Waals surface area (Å²) in [6.07, 6.45) is 6.51. The average molecular weight is 187 g/mol. The molecule has 2 aromatic rings. The predicted octanol–water partition coefficient (Wildman–Crippen LogP) is 2.02. The molecule has 0 unspecified atom stereocenters. The summed E-state index contributed by atoms with van der Waals surface area (Å²) in [5.74, 6) is 0. The fourth-order valence-electron chi connectivity index (χ4n) is 2.38. The van der Waals surface area contributed by atoms with E-state index >= 15 is 0 Å². The van der Waals surface area contributed by atoms with Gasteiger partial charge in [-0.25, -0.2) is 4.98 Å². The molecule has 0 aliphatic heterocycles. The van der Waals surface area contributed by atoms with E-state index in [1.54, 1.807) is 6.33 Å². The van der Waals surface area contributed by atoms with Crippen LogP contribution in [0.2, 0.25) is 0 Å². The molecule has 1 aromatic heterocycles. The number of H-pyrrole nitrogens is 1. The molecule has 72 valence electrons. The van der Waals surface area contributed by atoms with Gasteiger partial charge in [0.1, 0.15) is 0 Å². The van der Waals surface area contributed by atoms with Crippen LogP contribution in [0.1, 0.15) is 24.0 Å². The van der Waals surface area contributed by atoms with Crippen molar-refractivity contribution in [2.24, 2.45) is 0 Å². The zero-order valence-corrected chi connectivity index (χ0v) is 8.01. The van der Waals surface area contributed by atoms with Crippen LogP contribution >= 0.6 is 0 Å². The minimum Gasteiger partial charge on any atom is -0.398 e. The average Bonchev–Trinajstić information content (AvgIpc) is 2.66. The van der Waals surface area contributed by atoms with Crippen molar-refractivity contribution >= 4 is 16.7 Å².